The fourth-order valence-corrected chi connectivity index (χ4v) is 5.46. The number of halogens is 1. The second-order valence-corrected chi connectivity index (χ2v) is 10.4. The summed E-state index contributed by atoms with van der Waals surface area (Å²) in [5.41, 5.74) is 4.65. The van der Waals surface area contributed by atoms with Crippen LogP contribution in [0, 0.1) is 6.92 Å². The molecule has 0 spiro atoms. The molecule has 0 aliphatic carbocycles. The van der Waals surface area contributed by atoms with Crippen molar-refractivity contribution in [2.75, 3.05) is 12.4 Å². The lowest BCUT2D eigenvalue weighted by Gasteiger charge is -2.23. The van der Waals surface area contributed by atoms with E-state index >= 15 is 0 Å². The molecule has 0 fully saturated rings. The molecule has 2 aliphatic rings. The molecule has 2 atom stereocenters. The Morgan fingerprint density at radius 2 is 1.84 bits per heavy atom. The number of para-hydroxylation sites is 2. The van der Waals surface area contributed by atoms with Gasteiger partial charge in [-0.25, -0.2) is 5.01 Å². The van der Waals surface area contributed by atoms with Crippen LogP contribution in [0.4, 0.5) is 5.69 Å². The SMILES string of the molecule is COc1ccccc1NC(=O)C[C@@H]1SC(N2N=C(c3ccc(Cl)cc3)C[C@H]2c2ccc(C)cc2)=NC1=O. The van der Waals surface area contributed by atoms with Gasteiger partial charge in [0.1, 0.15) is 11.0 Å². The van der Waals surface area contributed by atoms with E-state index in [9.17, 15) is 9.59 Å². The van der Waals surface area contributed by atoms with E-state index in [0.29, 0.717) is 28.0 Å². The third-order valence-electron chi connectivity index (χ3n) is 6.23. The number of nitrogens with one attached hydrogen (secondary N) is 1. The minimum atomic E-state index is -0.627. The Morgan fingerprint density at radius 3 is 2.57 bits per heavy atom. The van der Waals surface area contributed by atoms with Crippen molar-refractivity contribution < 1.29 is 14.3 Å². The van der Waals surface area contributed by atoms with Crippen LogP contribution in [0.2, 0.25) is 5.02 Å². The molecule has 0 unspecified atom stereocenters. The lowest BCUT2D eigenvalue weighted by Crippen LogP contribution is -2.25. The molecule has 1 N–H and O–H groups in total. The van der Waals surface area contributed by atoms with Gasteiger partial charge in [-0.1, -0.05) is 77.5 Å². The van der Waals surface area contributed by atoms with Crippen molar-refractivity contribution in [3.05, 3.63) is 94.5 Å². The summed E-state index contributed by atoms with van der Waals surface area (Å²) >= 11 is 7.35. The number of benzene rings is 3. The summed E-state index contributed by atoms with van der Waals surface area (Å²) in [6.45, 7) is 2.04. The molecule has 3 aromatic carbocycles. The van der Waals surface area contributed by atoms with E-state index in [1.165, 1.54) is 11.8 Å². The van der Waals surface area contributed by atoms with Crippen LogP contribution in [0.3, 0.4) is 0 Å². The first-order valence-corrected chi connectivity index (χ1v) is 13.1. The largest absolute Gasteiger partial charge is 0.495 e. The number of hydrogen-bond donors (Lipinski definition) is 1. The van der Waals surface area contributed by atoms with Gasteiger partial charge >= 0.3 is 0 Å². The van der Waals surface area contributed by atoms with Crippen LogP contribution in [-0.2, 0) is 9.59 Å². The maximum Gasteiger partial charge on any atom is 0.262 e. The van der Waals surface area contributed by atoms with E-state index in [1.807, 2.05) is 48.3 Å². The number of hydrogen-bond acceptors (Lipinski definition) is 6. The third kappa shape index (κ3) is 5.55. The topological polar surface area (TPSA) is 83.4 Å². The maximum atomic E-state index is 12.8. The number of aliphatic imine (C=N–C) groups is 1. The normalized spacial score (nSPS) is 19.0. The molecular formula is C28H25ClN4O3S. The number of methoxy groups -OCH3 is 1. The standard InChI is InChI=1S/C28H25ClN4O3S/c1-17-7-9-19(10-8-17)23-15-22(18-11-13-20(29)14-12-18)32-33(23)28-31-27(35)25(37-28)16-26(34)30-21-5-3-4-6-24(21)36-2/h3-14,23,25H,15-16H2,1-2H3,(H,30,34)/t23-,25-/m0/s1. The highest BCUT2D eigenvalue weighted by molar-refractivity contribution is 8.15. The number of hydrazone groups is 1. The summed E-state index contributed by atoms with van der Waals surface area (Å²) in [6.07, 6.45) is 0.642. The molecule has 0 radical (unpaired) electrons. The Kier molecular flexibility index (Phi) is 7.30. The third-order valence-corrected chi connectivity index (χ3v) is 7.62. The lowest BCUT2D eigenvalue weighted by atomic mass is 9.98. The highest BCUT2D eigenvalue weighted by atomic mass is 35.5. The average molecular weight is 533 g/mol. The molecule has 3 aromatic rings. The summed E-state index contributed by atoms with van der Waals surface area (Å²) < 4.78 is 5.30. The molecule has 0 aromatic heterocycles. The minimum Gasteiger partial charge on any atom is -0.495 e. The van der Waals surface area contributed by atoms with Gasteiger partial charge in [-0.05, 0) is 42.3 Å². The zero-order chi connectivity index (χ0) is 25.9. The van der Waals surface area contributed by atoms with Gasteiger partial charge in [-0.2, -0.15) is 10.1 Å². The van der Waals surface area contributed by atoms with Gasteiger partial charge in [0.2, 0.25) is 5.91 Å². The number of aryl methyl sites for hydroxylation is 1. The summed E-state index contributed by atoms with van der Waals surface area (Å²) in [6, 6.07) is 22.9. The molecule has 37 heavy (non-hydrogen) atoms. The van der Waals surface area contributed by atoms with E-state index in [1.54, 1.807) is 19.2 Å². The number of carbonyl (C=O) groups is 2. The quantitative estimate of drug-likeness (QED) is 0.431. The zero-order valence-electron chi connectivity index (χ0n) is 20.3. The van der Waals surface area contributed by atoms with E-state index in [0.717, 1.165) is 22.4 Å². The van der Waals surface area contributed by atoms with Crippen molar-refractivity contribution >= 4 is 51.7 Å². The van der Waals surface area contributed by atoms with Gasteiger partial charge in [0.05, 0.1) is 24.6 Å². The van der Waals surface area contributed by atoms with Crippen LogP contribution in [0.1, 0.15) is 35.6 Å². The molecule has 0 saturated carbocycles. The minimum absolute atomic E-state index is 0.00859. The lowest BCUT2D eigenvalue weighted by molar-refractivity contribution is -0.121. The molecule has 5 rings (SSSR count). The number of amides is 2. The number of carbonyl (C=O) groups excluding carboxylic acids is 2. The Balaban J connectivity index is 1.35. The number of anilines is 1. The molecule has 9 heteroatoms. The first-order valence-electron chi connectivity index (χ1n) is 11.8. The Bertz CT molecular complexity index is 1390. The van der Waals surface area contributed by atoms with Crippen LogP contribution in [0.5, 0.6) is 5.75 Å². The van der Waals surface area contributed by atoms with E-state index < -0.39 is 5.25 Å². The predicted octanol–water partition coefficient (Wildman–Crippen LogP) is 5.83. The van der Waals surface area contributed by atoms with Crippen molar-refractivity contribution in [3.8, 4) is 5.75 Å². The molecular weight excluding hydrogens is 508 g/mol. The van der Waals surface area contributed by atoms with Crippen LogP contribution in [-0.4, -0.2) is 40.1 Å². The number of thioether (sulfide) groups is 1. The number of rotatable bonds is 6. The first-order chi connectivity index (χ1) is 17.9. The Hall–Kier alpha value is -3.62. The van der Waals surface area contributed by atoms with Gasteiger partial charge in [0, 0.05) is 17.9 Å². The van der Waals surface area contributed by atoms with Gasteiger partial charge < -0.3 is 10.1 Å². The zero-order valence-corrected chi connectivity index (χ0v) is 21.9. The second-order valence-electron chi connectivity index (χ2n) is 8.82. The van der Waals surface area contributed by atoms with E-state index in [2.05, 4.69) is 34.6 Å². The van der Waals surface area contributed by atoms with Gasteiger partial charge in [0.15, 0.2) is 5.17 Å². The fourth-order valence-electron chi connectivity index (χ4n) is 4.27. The summed E-state index contributed by atoms with van der Waals surface area (Å²) in [4.78, 5) is 29.9. The van der Waals surface area contributed by atoms with Gasteiger partial charge in [0.25, 0.3) is 5.91 Å². The van der Waals surface area contributed by atoms with Crippen LogP contribution < -0.4 is 10.1 Å². The number of ether oxygens (including phenoxy) is 1. The van der Waals surface area contributed by atoms with Crippen molar-refractivity contribution in [2.24, 2.45) is 10.1 Å². The Morgan fingerprint density at radius 1 is 1.11 bits per heavy atom. The average Bonchev–Trinajstić information content (AvgIpc) is 3.49. The predicted molar refractivity (Wildman–Crippen MR) is 148 cm³/mol. The van der Waals surface area contributed by atoms with Crippen molar-refractivity contribution in [1.82, 2.24) is 5.01 Å². The fraction of sp³-hybridized carbons (Fsp3) is 0.214. The molecule has 2 amide bonds. The second kappa shape index (κ2) is 10.8. The highest BCUT2D eigenvalue weighted by Gasteiger charge is 2.39. The van der Waals surface area contributed by atoms with Crippen molar-refractivity contribution in [1.29, 1.82) is 0 Å². The van der Waals surface area contributed by atoms with Gasteiger partial charge in [-0.15, -0.1) is 0 Å². The van der Waals surface area contributed by atoms with Crippen molar-refractivity contribution in [3.63, 3.8) is 0 Å². The summed E-state index contributed by atoms with van der Waals surface area (Å²) in [7, 11) is 1.54. The number of nitrogens with zero attached hydrogens (tertiary/aromatic N) is 3. The van der Waals surface area contributed by atoms with Gasteiger partial charge in [-0.3, -0.25) is 9.59 Å². The molecule has 2 heterocycles. The van der Waals surface area contributed by atoms with E-state index in [-0.39, 0.29) is 24.3 Å². The van der Waals surface area contributed by atoms with Crippen LogP contribution >= 0.6 is 23.4 Å². The molecule has 2 aliphatic heterocycles. The van der Waals surface area contributed by atoms with Crippen LogP contribution in [0.15, 0.2) is 82.9 Å². The molecule has 188 valence electrons. The molecule has 0 saturated heterocycles. The molecule has 0 bridgehead atoms. The van der Waals surface area contributed by atoms with E-state index in [4.69, 9.17) is 21.4 Å². The summed E-state index contributed by atoms with van der Waals surface area (Å²) in [5, 5.41) is 10.0. The first kappa shape index (κ1) is 25.0. The maximum absolute atomic E-state index is 12.8. The number of amidine groups is 1. The Labute approximate surface area is 224 Å². The monoisotopic (exact) mass is 532 g/mol. The van der Waals surface area contributed by atoms with Crippen LogP contribution in [0.25, 0.3) is 0 Å². The smallest absolute Gasteiger partial charge is 0.262 e. The van der Waals surface area contributed by atoms with Crippen molar-refractivity contribution in [2.45, 2.75) is 31.1 Å². The molecule has 7 nitrogen and oxygen atoms in total. The summed E-state index contributed by atoms with van der Waals surface area (Å²) in [5.74, 6) is -0.0677. The highest BCUT2D eigenvalue weighted by Crippen LogP contribution is 2.39.